The normalized spacial score (nSPS) is 14.9. The van der Waals surface area contributed by atoms with Crippen LogP contribution in [0.3, 0.4) is 0 Å². The van der Waals surface area contributed by atoms with Gasteiger partial charge in [-0.3, -0.25) is 4.79 Å². The van der Waals surface area contributed by atoms with Crippen molar-refractivity contribution in [1.29, 1.82) is 0 Å². The Morgan fingerprint density at radius 1 is 1.11 bits per heavy atom. The van der Waals surface area contributed by atoms with Crippen LogP contribution in [0.5, 0.6) is 5.75 Å². The first-order valence-corrected chi connectivity index (χ1v) is 15.1. The van der Waals surface area contributed by atoms with E-state index >= 15 is 0 Å². The van der Waals surface area contributed by atoms with E-state index in [1.807, 2.05) is 30.4 Å². The van der Waals surface area contributed by atoms with E-state index in [1.165, 1.54) is 28.8 Å². The summed E-state index contributed by atoms with van der Waals surface area (Å²) >= 11 is 1.85. The number of unbranched alkanes of at least 4 members (excludes halogenated alkanes) is 3. The number of rotatable bonds is 13. The number of carbonyl (C=O) groups excluding carboxylic acids is 1. The molecule has 0 saturated heterocycles. The second kappa shape index (κ2) is 21.2. The average Bonchev–Trinajstić information content (AvgIpc) is 3.41. The molecule has 1 heterocycles. The van der Waals surface area contributed by atoms with Gasteiger partial charge in [0.1, 0.15) is 12.4 Å². The first-order chi connectivity index (χ1) is 17.9. The zero-order valence-corrected chi connectivity index (χ0v) is 24.2. The van der Waals surface area contributed by atoms with Crippen LogP contribution in [-0.4, -0.2) is 40.6 Å². The molecule has 210 valence electrons. The average molecular weight is 537 g/mol. The van der Waals surface area contributed by atoms with Gasteiger partial charge in [0.2, 0.25) is 0 Å². The maximum Gasteiger partial charge on any atom is 0.311 e. The van der Waals surface area contributed by atoms with Crippen LogP contribution in [0, 0.1) is 5.92 Å². The highest BCUT2D eigenvalue weighted by molar-refractivity contribution is 7.09. The Hall–Kier alpha value is -1.73. The molecule has 3 rings (SSSR count). The van der Waals surface area contributed by atoms with Gasteiger partial charge in [-0.15, -0.1) is 11.3 Å². The predicted octanol–water partition coefficient (Wildman–Crippen LogP) is 6.35. The Morgan fingerprint density at radius 3 is 2.51 bits per heavy atom. The lowest BCUT2D eigenvalue weighted by Crippen LogP contribution is -2.17. The lowest BCUT2D eigenvalue weighted by molar-refractivity contribution is -0.135. The Kier molecular flexibility index (Phi) is 19.1. The quantitative estimate of drug-likeness (QED) is 0.140. The topological polar surface area (TPSA) is 92.3 Å². The van der Waals surface area contributed by atoms with E-state index in [0.29, 0.717) is 32.0 Å². The molecule has 0 bridgehead atoms. The Labute approximate surface area is 228 Å². The number of carbonyl (C=O) groups is 1. The van der Waals surface area contributed by atoms with Gasteiger partial charge in [0.05, 0.1) is 6.42 Å². The van der Waals surface area contributed by atoms with Crippen molar-refractivity contribution >= 4 is 17.3 Å². The summed E-state index contributed by atoms with van der Waals surface area (Å²) in [6.45, 7) is 7.22. The smallest absolute Gasteiger partial charge is 0.311 e. The molecule has 0 radical (unpaired) electrons. The summed E-state index contributed by atoms with van der Waals surface area (Å²) in [6, 6.07) is 10.3. The standard InChI is InChI=1S/C21H32O4.C7H10S.C3H8O/c1-16-10-12-19-17(15-16)7-6-9-20(19)25-21(24)13-11-18(23)8-4-2-3-5-14-22;1-2-4-7-5-3-6-8-7;1-2-3-4/h6-7,9,16,18,22-23H,2-5,8,10-15H2,1H3;3,5-6H,2,4H2,1H3;4H,2-3H2,1H3/p+2. The molecule has 2 atom stereocenters. The molecule has 1 aromatic carbocycles. The summed E-state index contributed by atoms with van der Waals surface area (Å²) in [5.41, 5.74) is 2.51. The van der Waals surface area contributed by atoms with Crippen LogP contribution in [0.1, 0.15) is 101 Å². The lowest BCUT2D eigenvalue weighted by Gasteiger charge is -2.23. The third kappa shape index (κ3) is 15.3. The maximum absolute atomic E-state index is 12.2. The molecule has 0 aliphatic heterocycles. The molecular weight excluding hydrogens is 484 g/mol. The van der Waals surface area contributed by atoms with Gasteiger partial charge < -0.3 is 20.1 Å². The van der Waals surface area contributed by atoms with E-state index in [4.69, 9.17) is 20.1 Å². The van der Waals surface area contributed by atoms with Crippen LogP contribution in [0.25, 0.3) is 0 Å². The van der Waals surface area contributed by atoms with Gasteiger partial charge in [-0.1, -0.05) is 51.8 Å². The van der Waals surface area contributed by atoms with Crippen LogP contribution >= 0.6 is 11.3 Å². The third-order valence-electron chi connectivity index (χ3n) is 6.39. The van der Waals surface area contributed by atoms with Crippen LogP contribution in [0.2, 0.25) is 0 Å². The van der Waals surface area contributed by atoms with Gasteiger partial charge in [-0.05, 0) is 79.5 Å². The zero-order chi connectivity index (χ0) is 27.3. The monoisotopic (exact) mass is 536 g/mol. The highest BCUT2D eigenvalue weighted by Gasteiger charge is 2.20. The molecule has 2 unspecified atom stereocenters. The van der Waals surface area contributed by atoms with Crippen LogP contribution in [-0.2, 0) is 24.1 Å². The number of hydrogen-bond acceptors (Lipinski definition) is 4. The minimum Gasteiger partial charge on any atom is -0.445 e. The van der Waals surface area contributed by atoms with Gasteiger partial charge in [-0.25, -0.2) is 0 Å². The molecule has 0 saturated carbocycles. The molecule has 5 nitrogen and oxygen atoms in total. The molecule has 1 aliphatic carbocycles. The lowest BCUT2D eigenvalue weighted by atomic mass is 9.84. The molecule has 5 N–H and O–H groups in total. The predicted molar refractivity (Wildman–Crippen MR) is 157 cm³/mol. The molecule has 1 aromatic heterocycles. The van der Waals surface area contributed by atoms with E-state index in [9.17, 15) is 4.79 Å². The highest BCUT2D eigenvalue weighted by Crippen LogP contribution is 2.32. The van der Waals surface area contributed by atoms with Crippen LogP contribution in [0.15, 0.2) is 35.7 Å². The summed E-state index contributed by atoms with van der Waals surface area (Å²) < 4.78 is 5.61. The Balaban J connectivity index is 0.000000469. The first-order valence-electron chi connectivity index (χ1n) is 14.2. The minimum atomic E-state index is -0.210. The number of hydrogen-bond donors (Lipinski definition) is 1. The summed E-state index contributed by atoms with van der Waals surface area (Å²) in [5.74, 6) is 1.22. The van der Waals surface area contributed by atoms with Crippen molar-refractivity contribution in [3.63, 3.8) is 0 Å². The zero-order valence-electron chi connectivity index (χ0n) is 23.4. The number of ether oxygens (including phenoxy) is 1. The van der Waals surface area contributed by atoms with Gasteiger partial charge in [0.25, 0.3) is 0 Å². The molecule has 37 heavy (non-hydrogen) atoms. The number of aliphatic hydroxyl groups is 1. The second-order valence-corrected chi connectivity index (χ2v) is 11.0. The van der Waals surface area contributed by atoms with E-state index in [1.54, 1.807) is 0 Å². The number of aliphatic hydroxyl groups excluding tert-OH is 1. The molecule has 0 spiro atoms. The number of benzene rings is 1. The third-order valence-corrected chi connectivity index (χ3v) is 7.32. The molecule has 0 amide bonds. The maximum atomic E-state index is 12.2. The summed E-state index contributed by atoms with van der Waals surface area (Å²) in [7, 11) is 0. The number of aryl methyl sites for hydroxylation is 1. The fourth-order valence-corrected chi connectivity index (χ4v) is 5.04. The van der Waals surface area contributed by atoms with Gasteiger partial charge >= 0.3 is 5.97 Å². The van der Waals surface area contributed by atoms with Crippen molar-refractivity contribution in [2.45, 2.75) is 110 Å². The Bertz CT molecular complexity index is 819. The fourth-order valence-electron chi connectivity index (χ4n) is 4.23. The molecule has 0 fully saturated rings. The van der Waals surface area contributed by atoms with E-state index < -0.39 is 0 Å². The molecular formula is C31H52O5S+2. The largest absolute Gasteiger partial charge is 0.445 e. The molecule has 2 aromatic rings. The minimum absolute atomic E-state index is 0.186. The summed E-state index contributed by atoms with van der Waals surface area (Å²) in [5, 5.41) is 25.2. The molecule has 1 aliphatic rings. The van der Waals surface area contributed by atoms with Crippen LogP contribution in [0.4, 0.5) is 0 Å². The number of fused-ring (bicyclic) bond motifs is 1. The number of thiophene rings is 1. The van der Waals surface area contributed by atoms with E-state index in [-0.39, 0.29) is 12.1 Å². The van der Waals surface area contributed by atoms with Crippen molar-refractivity contribution in [2.75, 3.05) is 13.2 Å². The van der Waals surface area contributed by atoms with Crippen molar-refractivity contribution in [3.05, 3.63) is 51.7 Å². The van der Waals surface area contributed by atoms with E-state index in [0.717, 1.165) is 63.5 Å². The second-order valence-electron chi connectivity index (χ2n) is 9.96. The molecule has 6 heteroatoms. The van der Waals surface area contributed by atoms with Crippen LogP contribution < -0.4 is 4.74 Å². The fraction of sp³-hybridized carbons (Fsp3) is 0.645. The SMILES string of the molecule is CC1CCc2c(cccc2OC(=O)CCC([OH2+])CCCCCC[OH2+])C1.CCCO.CCCc1cccs1. The van der Waals surface area contributed by atoms with Gasteiger partial charge in [-0.2, -0.15) is 0 Å². The van der Waals surface area contributed by atoms with Crippen molar-refractivity contribution < 1.29 is 24.9 Å². The van der Waals surface area contributed by atoms with Gasteiger partial charge in [0, 0.05) is 30.7 Å². The number of esters is 1. The van der Waals surface area contributed by atoms with Crippen molar-refractivity contribution in [2.24, 2.45) is 5.92 Å². The first kappa shape index (κ1) is 33.3. The van der Waals surface area contributed by atoms with Gasteiger partial charge in [0.15, 0.2) is 6.10 Å². The Morgan fingerprint density at radius 2 is 1.86 bits per heavy atom. The van der Waals surface area contributed by atoms with E-state index in [2.05, 4.69) is 37.4 Å². The highest BCUT2D eigenvalue weighted by atomic mass is 32.1. The summed E-state index contributed by atoms with van der Waals surface area (Å²) in [6.07, 6.45) is 12.3. The summed E-state index contributed by atoms with van der Waals surface area (Å²) in [4.78, 5) is 13.7. The van der Waals surface area contributed by atoms with Crippen molar-refractivity contribution in [1.82, 2.24) is 0 Å². The van der Waals surface area contributed by atoms with Crippen molar-refractivity contribution in [3.8, 4) is 5.75 Å².